The summed E-state index contributed by atoms with van der Waals surface area (Å²) in [6.45, 7) is 12.8. The van der Waals surface area contributed by atoms with E-state index in [0.29, 0.717) is 0 Å². The Balaban J connectivity index is 0.000000104. The summed E-state index contributed by atoms with van der Waals surface area (Å²) in [5, 5.41) is 47.4. The van der Waals surface area contributed by atoms with Crippen LogP contribution in [0.4, 0.5) is 0 Å². The van der Waals surface area contributed by atoms with Crippen molar-refractivity contribution in [2.45, 2.75) is 41.5 Å². The molecular weight excluding hydrogens is 1830 g/mol. The van der Waals surface area contributed by atoms with Gasteiger partial charge in [-0.3, -0.25) is 18.3 Å². The van der Waals surface area contributed by atoms with E-state index in [4.69, 9.17) is 10.2 Å². The fourth-order valence-electron chi connectivity index (χ4n) is 21.6. The van der Waals surface area contributed by atoms with Gasteiger partial charge in [-0.1, -0.05) is 362 Å². The molecule has 0 N–H and O–H groups in total. The zero-order chi connectivity index (χ0) is 101. The summed E-state index contributed by atoms with van der Waals surface area (Å²) < 4.78 is 18.0. The molecule has 0 unspecified atom stereocenters. The van der Waals surface area contributed by atoms with Crippen LogP contribution in [0.25, 0.3) is 224 Å². The lowest BCUT2D eigenvalue weighted by Gasteiger charge is -2.16. The predicted octanol–water partition coefficient (Wildman–Crippen LogP) is 32.6. The van der Waals surface area contributed by atoms with Gasteiger partial charge in [0.15, 0.2) is 46.6 Å². The molecule has 0 saturated carbocycles. The second-order valence-electron chi connectivity index (χ2n) is 38.1. The van der Waals surface area contributed by atoms with E-state index >= 15 is 0 Å². The van der Waals surface area contributed by atoms with Crippen LogP contribution in [-0.4, -0.2) is 77.3 Å². The van der Waals surface area contributed by atoms with Crippen molar-refractivity contribution in [1.82, 2.24) is 77.3 Å². The quantitative estimate of drug-likeness (QED) is 0.0931. The molecule has 8 heterocycles. The molecule has 716 valence electrons. The number of hydrogen-bond donors (Lipinski definition) is 0. The maximum absolute atomic E-state index is 4.75. The van der Waals surface area contributed by atoms with Crippen molar-refractivity contribution in [2.24, 2.45) is 0 Å². The molecule has 16 heteroatoms. The molecular formula is C134H100N16. The van der Waals surface area contributed by atoms with E-state index in [2.05, 4.69) is 533 Å². The van der Waals surface area contributed by atoms with Gasteiger partial charge < -0.3 is 18.3 Å². The van der Waals surface area contributed by atoms with Crippen molar-refractivity contribution < 1.29 is 0 Å². The fourth-order valence-corrected chi connectivity index (χ4v) is 21.6. The highest BCUT2D eigenvalue weighted by atomic mass is 15.3. The molecule has 0 spiro atoms. The lowest BCUT2D eigenvalue weighted by Crippen LogP contribution is -2.03. The summed E-state index contributed by atoms with van der Waals surface area (Å²) in [5.74, 6) is 6.63. The Morgan fingerprint density at radius 2 is 0.347 bits per heavy atom. The van der Waals surface area contributed by atoms with Crippen molar-refractivity contribution >= 4 is 87.2 Å². The number of hydrogen-bond acceptors (Lipinski definition) is 8. The van der Waals surface area contributed by atoms with Crippen LogP contribution in [0, 0.1) is 41.5 Å². The smallest absolute Gasteiger partial charge is 0.169 e. The molecule has 28 rings (SSSR count). The normalized spacial score (nSPS) is 11.4. The van der Waals surface area contributed by atoms with Crippen LogP contribution in [0.5, 0.6) is 0 Å². The molecule has 28 aromatic rings. The van der Waals surface area contributed by atoms with E-state index in [9.17, 15) is 0 Å². The Morgan fingerprint density at radius 3 is 0.627 bits per heavy atom. The maximum Gasteiger partial charge on any atom is 0.169 e. The van der Waals surface area contributed by atoms with Crippen LogP contribution >= 0.6 is 0 Å². The Labute approximate surface area is 867 Å². The molecule has 0 aliphatic rings. The van der Waals surface area contributed by atoms with Crippen LogP contribution in [0.15, 0.2) is 497 Å². The minimum atomic E-state index is 0.820. The number of aromatic nitrogens is 16. The van der Waals surface area contributed by atoms with Crippen molar-refractivity contribution in [3.63, 3.8) is 0 Å². The van der Waals surface area contributed by atoms with Gasteiger partial charge in [-0.05, 0) is 210 Å². The van der Waals surface area contributed by atoms with Crippen molar-refractivity contribution in [3.05, 3.63) is 531 Å². The lowest BCUT2D eigenvalue weighted by molar-refractivity contribution is 1.06. The first kappa shape index (κ1) is 91.4. The molecule has 0 atom stereocenters. The third-order valence-corrected chi connectivity index (χ3v) is 28.4. The number of nitrogens with zero attached hydrogens (tertiary/aromatic N) is 16. The Bertz CT molecular complexity index is 9620. The molecule has 0 aliphatic carbocycles. The minimum Gasteiger partial charge on any atom is -0.309 e. The standard InChI is InChI=1S/C35H28N4.3C33H24N4/c1-23-21-24(2)33(25(3)22-23)35-37-36-34(26-11-5-4-6-12-26)39(35)28-19-17-27(18-20-28)38-31-15-9-7-13-29(31)30-14-8-10-16-32(30)38;1-23-10-9-13-25(22-23)33-35-34-32(24-11-3-2-4-12-24)37(33)27-20-18-26(19-21-27)36-30-16-7-5-14-28(30)29-15-6-8-17-31(29)36;1-23-15-17-25(18-16-23)33-35-34-32(24-9-3-2-4-10-24)37(33)27-21-19-26(20-22-27)36-30-13-7-5-11-28(30)29-12-6-8-14-31(29)36;1-23-11-5-6-14-27(23)33-35-34-32(24-12-3-2-4-13-24)37(33)26-21-19-25(20-22-26)36-30-17-9-7-15-28(30)29-16-8-10-18-31(29)36/h4-22H,1-3H3;3*2-22H,1H3. The molecule has 0 radical (unpaired) electrons. The number of benzene rings is 20. The predicted molar refractivity (Wildman–Crippen MR) is 615 cm³/mol. The average molecular weight is 1930 g/mol. The van der Waals surface area contributed by atoms with Crippen LogP contribution < -0.4 is 0 Å². The third-order valence-electron chi connectivity index (χ3n) is 28.4. The van der Waals surface area contributed by atoms with E-state index in [1.165, 1.54) is 115 Å². The minimum absolute atomic E-state index is 0.820. The van der Waals surface area contributed by atoms with Crippen LogP contribution in [0.2, 0.25) is 0 Å². The molecule has 0 aliphatic heterocycles. The van der Waals surface area contributed by atoms with Crippen LogP contribution in [0.1, 0.15) is 33.4 Å². The number of rotatable bonds is 16. The summed E-state index contributed by atoms with van der Waals surface area (Å²) in [4.78, 5) is 0. The number of fused-ring (bicyclic) bond motifs is 12. The molecule has 150 heavy (non-hydrogen) atoms. The summed E-state index contributed by atoms with van der Waals surface area (Å²) in [6, 6.07) is 174. The average Bonchev–Trinajstić information content (AvgIpc) is 1.61. The summed E-state index contributed by atoms with van der Waals surface area (Å²) >= 11 is 0. The van der Waals surface area contributed by atoms with E-state index in [0.717, 1.165) is 142 Å². The van der Waals surface area contributed by atoms with Gasteiger partial charge in [-0.2, -0.15) is 0 Å². The summed E-state index contributed by atoms with van der Waals surface area (Å²) in [6.07, 6.45) is 0. The first-order valence-electron chi connectivity index (χ1n) is 50.6. The molecule has 0 amide bonds. The summed E-state index contributed by atoms with van der Waals surface area (Å²) in [5.41, 5.74) is 33.8. The molecule has 8 aromatic heterocycles. The lowest BCUT2D eigenvalue weighted by atomic mass is 9.99. The molecule has 20 aromatic carbocycles. The van der Waals surface area contributed by atoms with E-state index in [-0.39, 0.29) is 0 Å². The summed E-state index contributed by atoms with van der Waals surface area (Å²) in [7, 11) is 0. The zero-order valence-corrected chi connectivity index (χ0v) is 83.5. The molecule has 0 fully saturated rings. The van der Waals surface area contributed by atoms with Crippen molar-refractivity contribution in [3.8, 4) is 137 Å². The highest BCUT2D eigenvalue weighted by Gasteiger charge is 2.27. The zero-order valence-electron chi connectivity index (χ0n) is 83.5. The Morgan fingerprint density at radius 1 is 0.133 bits per heavy atom. The van der Waals surface area contributed by atoms with E-state index in [1.54, 1.807) is 0 Å². The highest BCUT2D eigenvalue weighted by molar-refractivity contribution is 6.12. The van der Waals surface area contributed by atoms with Gasteiger partial charge in [0, 0.05) is 133 Å². The largest absolute Gasteiger partial charge is 0.309 e. The van der Waals surface area contributed by atoms with Gasteiger partial charge in [-0.15, -0.1) is 40.8 Å². The topological polar surface area (TPSA) is 143 Å². The molecule has 0 bridgehead atoms. The first-order chi connectivity index (χ1) is 73.9. The van der Waals surface area contributed by atoms with Crippen molar-refractivity contribution in [1.29, 1.82) is 0 Å². The van der Waals surface area contributed by atoms with Crippen molar-refractivity contribution in [2.75, 3.05) is 0 Å². The third kappa shape index (κ3) is 16.8. The highest BCUT2D eigenvalue weighted by Crippen LogP contribution is 2.43. The van der Waals surface area contributed by atoms with Gasteiger partial charge in [0.1, 0.15) is 0 Å². The molecule has 0 saturated heterocycles. The second-order valence-corrected chi connectivity index (χ2v) is 38.1. The monoisotopic (exact) mass is 1930 g/mol. The van der Waals surface area contributed by atoms with Gasteiger partial charge in [0.25, 0.3) is 0 Å². The number of aryl methyl sites for hydroxylation is 6. The fraction of sp³-hybridized carbons (Fsp3) is 0.0448. The number of para-hydroxylation sites is 8. The van der Waals surface area contributed by atoms with E-state index < -0.39 is 0 Å². The van der Waals surface area contributed by atoms with Gasteiger partial charge in [0.2, 0.25) is 0 Å². The second kappa shape index (κ2) is 39.4. The molecule has 16 nitrogen and oxygen atoms in total. The van der Waals surface area contributed by atoms with E-state index in [1.807, 2.05) is 72.8 Å². The van der Waals surface area contributed by atoms with Crippen LogP contribution in [-0.2, 0) is 0 Å². The first-order valence-corrected chi connectivity index (χ1v) is 50.6. The maximum atomic E-state index is 4.75. The Kier molecular flexibility index (Phi) is 24.0. The SMILES string of the molecule is Cc1cc(C)c(-c2nnc(-c3ccccc3)n2-c2ccc(-n3c4ccccc4c4ccccc43)cc2)c(C)c1.Cc1ccc(-c2nnc(-c3ccccc3)n2-c2ccc(-n3c4ccccc4c4ccccc43)cc2)cc1.Cc1cccc(-c2nnc(-c3ccccc3)n2-c2ccc(-n3c4ccccc4c4ccccc43)cc2)c1.Cc1ccccc1-c1nnc(-c2ccccc2)n1-c1ccc(-n2c3ccccc3c3ccccc32)cc1. The Hall–Kier alpha value is -19.8. The van der Waals surface area contributed by atoms with Gasteiger partial charge in [0.05, 0.1) is 44.1 Å². The van der Waals surface area contributed by atoms with Gasteiger partial charge >= 0.3 is 0 Å². The van der Waals surface area contributed by atoms with Gasteiger partial charge in [-0.25, -0.2) is 0 Å². The van der Waals surface area contributed by atoms with Crippen LogP contribution in [0.3, 0.4) is 0 Å².